The van der Waals surface area contributed by atoms with Crippen molar-refractivity contribution in [1.82, 2.24) is 9.80 Å². The summed E-state index contributed by atoms with van der Waals surface area (Å²) in [5, 5.41) is 23.0. The summed E-state index contributed by atoms with van der Waals surface area (Å²) in [6, 6.07) is 0.282. The summed E-state index contributed by atoms with van der Waals surface area (Å²) in [7, 11) is 5.07. The van der Waals surface area contributed by atoms with Crippen LogP contribution < -0.4 is 5.73 Å². The SMILES string of the molecule is CC1CCN(C)C1c1cc(O)c2c(c1Cl)CC1CC3C(N(C)C)C(=O)C(C(N)=O)C(=O)C3(O)C(=O)C1C2=O. The monoisotopic (exact) mass is 545 g/mol. The van der Waals surface area contributed by atoms with Crippen molar-refractivity contribution in [3.05, 3.63) is 27.8 Å². The molecule has 0 radical (unpaired) electrons. The van der Waals surface area contributed by atoms with Crippen LogP contribution in [0.25, 0.3) is 0 Å². The molecule has 38 heavy (non-hydrogen) atoms. The molecule has 5 rings (SSSR count). The first-order valence-corrected chi connectivity index (χ1v) is 13.2. The fraction of sp³-hybridized carbons (Fsp3) is 0.593. The highest BCUT2D eigenvalue weighted by Gasteiger charge is 2.69. The number of carbonyl (C=O) groups is 5. The lowest BCUT2D eigenvalue weighted by molar-refractivity contribution is -0.181. The molecule has 2 saturated carbocycles. The van der Waals surface area contributed by atoms with Crippen molar-refractivity contribution in [2.45, 2.75) is 43.9 Å². The normalized spacial score (nSPS) is 37.3. The summed E-state index contributed by atoms with van der Waals surface area (Å²) < 4.78 is 0. The van der Waals surface area contributed by atoms with Crippen LogP contribution in [-0.4, -0.2) is 88.4 Å². The highest BCUT2D eigenvalue weighted by Crippen LogP contribution is 2.53. The van der Waals surface area contributed by atoms with E-state index in [1.807, 2.05) is 7.05 Å². The topological polar surface area (TPSA) is 158 Å². The molecular formula is C27H32ClN3O7. The number of rotatable bonds is 3. The number of primary amides is 1. The van der Waals surface area contributed by atoms with Crippen LogP contribution in [0.3, 0.4) is 0 Å². The predicted octanol–water partition coefficient (Wildman–Crippen LogP) is 0.533. The molecule has 4 N–H and O–H groups in total. The Balaban J connectivity index is 1.63. The molecule has 3 fully saturated rings. The van der Waals surface area contributed by atoms with Gasteiger partial charge in [0.05, 0.1) is 17.5 Å². The number of carbonyl (C=O) groups excluding carboxylic acids is 5. The van der Waals surface area contributed by atoms with E-state index < -0.39 is 64.4 Å². The zero-order valence-corrected chi connectivity index (χ0v) is 22.5. The summed E-state index contributed by atoms with van der Waals surface area (Å²) in [6.07, 6.45) is 1.09. The summed E-state index contributed by atoms with van der Waals surface area (Å²) in [6.45, 7) is 2.96. The van der Waals surface area contributed by atoms with Gasteiger partial charge in [-0.05, 0) is 76.0 Å². The Labute approximate surface area is 225 Å². The summed E-state index contributed by atoms with van der Waals surface area (Å²) >= 11 is 6.89. The zero-order valence-electron chi connectivity index (χ0n) is 21.7. The Hall–Kier alpha value is -2.66. The number of hydrogen-bond acceptors (Lipinski definition) is 9. The van der Waals surface area contributed by atoms with Crippen molar-refractivity contribution in [3.63, 3.8) is 0 Å². The maximum absolute atomic E-state index is 13.9. The number of benzene rings is 1. The summed E-state index contributed by atoms with van der Waals surface area (Å²) in [5.74, 6) is -10.4. The van der Waals surface area contributed by atoms with Crippen LogP contribution in [0.1, 0.15) is 47.3 Å². The maximum Gasteiger partial charge on any atom is 0.235 e. The second-order valence-electron chi connectivity index (χ2n) is 11.6. The van der Waals surface area contributed by atoms with Crippen molar-refractivity contribution in [3.8, 4) is 5.75 Å². The number of likely N-dealkylation sites (tertiary alicyclic amines) is 1. The van der Waals surface area contributed by atoms with Crippen LogP contribution in [-0.2, 0) is 25.6 Å². The van der Waals surface area contributed by atoms with Gasteiger partial charge in [0.25, 0.3) is 0 Å². The smallest absolute Gasteiger partial charge is 0.235 e. The van der Waals surface area contributed by atoms with Crippen molar-refractivity contribution in [1.29, 1.82) is 0 Å². The third-order valence-corrected chi connectivity index (χ3v) is 9.74. The zero-order chi connectivity index (χ0) is 28.0. The number of aliphatic hydroxyl groups is 1. The van der Waals surface area contributed by atoms with Gasteiger partial charge in [-0.1, -0.05) is 18.5 Å². The maximum atomic E-state index is 13.9. The minimum absolute atomic E-state index is 0.00898. The Kier molecular flexibility index (Phi) is 6.34. The highest BCUT2D eigenvalue weighted by molar-refractivity contribution is 6.35. The van der Waals surface area contributed by atoms with Crippen molar-refractivity contribution in [2.75, 3.05) is 27.7 Å². The number of amides is 1. The average Bonchev–Trinajstić information content (AvgIpc) is 3.15. The molecule has 1 aromatic rings. The number of phenolic OH excluding ortho intramolecular Hbond substituents is 1. The van der Waals surface area contributed by atoms with Gasteiger partial charge in [-0.2, -0.15) is 0 Å². The quantitative estimate of drug-likeness (QED) is 0.461. The number of aromatic hydroxyl groups is 1. The van der Waals surface area contributed by atoms with E-state index in [1.54, 1.807) is 14.1 Å². The molecule has 10 nitrogen and oxygen atoms in total. The standard InChI is InChI=1S/C27H32ClN3O7/c1-10-5-6-31(4)20(10)13-9-15(32)17-12(19(13)28)7-11-8-14-21(30(2)3)23(34)18(26(29)37)25(36)27(14,38)24(35)16(11)22(17)33/h9-11,14,16,18,20-21,32,38H,5-8H2,1-4H3,(H2,29,37). The molecule has 0 spiro atoms. The molecule has 11 heteroatoms. The third-order valence-electron chi connectivity index (χ3n) is 9.29. The number of hydrogen-bond donors (Lipinski definition) is 3. The van der Waals surface area contributed by atoms with E-state index in [-0.39, 0.29) is 36.1 Å². The highest BCUT2D eigenvalue weighted by atomic mass is 35.5. The van der Waals surface area contributed by atoms with E-state index in [9.17, 15) is 34.2 Å². The number of likely N-dealkylation sites (N-methyl/N-ethyl adjacent to an activating group) is 1. The van der Waals surface area contributed by atoms with Crippen LogP contribution in [0.5, 0.6) is 5.75 Å². The Morgan fingerprint density at radius 2 is 1.87 bits per heavy atom. The van der Waals surface area contributed by atoms with Crippen molar-refractivity contribution >= 4 is 40.6 Å². The van der Waals surface area contributed by atoms with Crippen LogP contribution >= 0.6 is 11.6 Å². The van der Waals surface area contributed by atoms with Gasteiger partial charge in [0.1, 0.15) is 5.75 Å². The molecule has 8 atom stereocenters. The molecule has 0 aromatic heterocycles. The number of ketones is 4. The number of phenols is 1. The van der Waals surface area contributed by atoms with Crippen LogP contribution in [0.4, 0.5) is 0 Å². The molecule has 204 valence electrons. The minimum atomic E-state index is -2.74. The second-order valence-corrected chi connectivity index (χ2v) is 12.0. The van der Waals surface area contributed by atoms with Gasteiger partial charge in [-0.25, -0.2) is 0 Å². The second kappa shape index (κ2) is 8.94. The van der Waals surface area contributed by atoms with Gasteiger partial charge in [-0.15, -0.1) is 0 Å². The minimum Gasteiger partial charge on any atom is -0.507 e. The van der Waals surface area contributed by atoms with Crippen LogP contribution in [0, 0.1) is 29.6 Å². The fourth-order valence-corrected chi connectivity index (χ4v) is 7.91. The van der Waals surface area contributed by atoms with Gasteiger partial charge < -0.3 is 15.9 Å². The number of nitrogens with two attached hydrogens (primary N) is 1. The number of halogens is 1. The van der Waals surface area contributed by atoms with E-state index in [1.165, 1.54) is 11.0 Å². The molecule has 1 heterocycles. The van der Waals surface area contributed by atoms with Crippen molar-refractivity contribution < 1.29 is 34.2 Å². The van der Waals surface area contributed by atoms with Gasteiger partial charge >= 0.3 is 0 Å². The van der Waals surface area contributed by atoms with E-state index in [0.717, 1.165) is 13.0 Å². The third kappa shape index (κ3) is 3.46. The molecule has 1 aromatic carbocycles. The fourth-order valence-electron chi connectivity index (χ4n) is 7.57. The summed E-state index contributed by atoms with van der Waals surface area (Å²) in [5.41, 5.74) is 3.66. The molecule has 3 aliphatic carbocycles. The largest absolute Gasteiger partial charge is 0.507 e. The number of nitrogens with zero attached hydrogens (tertiary/aromatic N) is 2. The first-order chi connectivity index (χ1) is 17.7. The number of fused-ring (bicyclic) bond motifs is 3. The first-order valence-electron chi connectivity index (χ1n) is 12.8. The van der Waals surface area contributed by atoms with Crippen LogP contribution in [0.15, 0.2) is 6.07 Å². The van der Waals surface area contributed by atoms with Gasteiger partial charge in [-0.3, -0.25) is 33.8 Å². The molecule has 1 amide bonds. The molecule has 4 aliphatic rings. The molecular weight excluding hydrogens is 514 g/mol. The van der Waals surface area contributed by atoms with E-state index >= 15 is 0 Å². The van der Waals surface area contributed by atoms with Crippen LogP contribution in [0.2, 0.25) is 5.02 Å². The molecule has 1 aliphatic heterocycles. The first kappa shape index (κ1) is 26.9. The van der Waals surface area contributed by atoms with Crippen molar-refractivity contribution in [2.24, 2.45) is 35.3 Å². The molecule has 1 saturated heterocycles. The van der Waals surface area contributed by atoms with E-state index in [0.29, 0.717) is 16.1 Å². The lowest BCUT2D eigenvalue weighted by Gasteiger charge is -2.52. The predicted molar refractivity (Wildman–Crippen MR) is 136 cm³/mol. The average molecular weight is 546 g/mol. The van der Waals surface area contributed by atoms with E-state index in [2.05, 4.69) is 11.8 Å². The van der Waals surface area contributed by atoms with Gasteiger partial charge in [0.2, 0.25) is 5.91 Å². The lowest BCUT2D eigenvalue weighted by Crippen LogP contribution is -2.74. The Morgan fingerprint density at radius 1 is 1.21 bits per heavy atom. The molecule has 0 bridgehead atoms. The lowest BCUT2D eigenvalue weighted by atomic mass is 9.52. The summed E-state index contributed by atoms with van der Waals surface area (Å²) in [4.78, 5) is 69.8. The van der Waals surface area contributed by atoms with E-state index in [4.69, 9.17) is 17.3 Å². The Bertz CT molecular complexity index is 1290. The Morgan fingerprint density at radius 3 is 2.42 bits per heavy atom. The number of Topliss-reactive ketones (excluding diaryl/α,β-unsaturated/α-hetero) is 4. The van der Waals surface area contributed by atoms with Gasteiger partial charge in [0.15, 0.2) is 34.7 Å². The van der Waals surface area contributed by atoms with Gasteiger partial charge in [0, 0.05) is 17.0 Å². The molecule has 8 unspecified atom stereocenters.